The average Bonchev–Trinajstić information content (AvgIpc) is 2.38. The van der Waals surface area contributed by atoms with Crippen molar-refractivity contribution in [2.75, 3.05) is 0 Å². The minimum atomic E-state index is -0.183. The van der Waals surface area contributed by atoms with Gasteiger partial charge in [-0.3, -0.25) is 9.59 Å². The number of rotatable bonds is 2. The minimum absolute atomic E-state index is 0.0365. The Balaban J connectivity index is 0.000000220. The molecule has 0 heterocycles. The lowest BCUT2D eigenvalue weighted by molar-refractivity contribution is 0.111. The van der Waals surface area contributed by atoms with E-state index in [9.17, 15) is 9.59 Å². The van der Waals surface area contributed by atoms with E-state index in [4.69, 9.17) is 20.4 Å². The van der Waals surface area contributed by atoms with Crippen molar-refractivity contribution in [2.45, 2.75) is 13.8 Å². The molecule has 0 atom stereocenters. The van der Waals surface area contributed by atoms with Gasteiger partial charge in [0.05, 0.1) is 11.1 Å². The van der Waals surface area contributed by atoms with E-state index < -0.39 is 0 Å². The van der Waals surface area contributed by atoms with E-state index in [-0.39, 0.29) is 34.1 Å². The van der Waals surface area contributed by atoms with Crippen LogP contribution in [0.25, 0.3) is 0 Å². The molecule has 0 aliphatic heterocycles. The highest BCUT2D eigenvalue weighted by Gasteiger charge is 2.05. The highest BCUT2D eigenvalue weighted by Crippen LogP contribution is 2.25. The van der Waals surface area contributed by atoms with Crippen molar-refractivity contribution >= 4 is 12.6 Å². The predicted octanol–water partition coefficient (Wildman–Crippen LogP) is 2.44. The van der Waals surface area contributed by atoms with Gasteiger partial charge in [0, 0.05) is 12.1 Å². The monoisotopic (exact) mass is 304 g/mol. The number of carbonyl (C=O) groups is 2. The number of benzene rings is 2. The Morgan fingerprint density at radius 3 is 1.23 bits per heavy atom. The fourth-order valence-electron chi connectivity index (χ4n) is 1.83. The fourth-order valence-corrected chi connectivity index (χ4v) is 1.83. The molecule has 0 spiro atoms. The molecule has 22 heavy (non-hydrogen) atoms. The number of hydrogen-bond acceptors (Lipinski definition) is 6. The van der Waals surface area contributed by atoms with Crippen LogP contribution in [0.3, 0.4) is 0 Å². The Kier molecular flexibility index (Phi) is 5.51. The number of aryl methyl sites for hydroxylation is 2. The summed E-state index contributed by atoms with van der Waals surface area (Å²) in [7, 11) is 0. The van der Waals surface area contributed by atoms with Gasteiger partial charge in [0.2, 0.25) is 0 Å². The normalized spacial score (nSPS) is 9.55. The molecule has 6 nitrogen and oxygen atoms in total. The van der Waals surface area contributed by atoms with Crippen LogP contribution < -0.4 is 0 Å². The van der Waals surface area contributed by atoms with Crippen LogP contribution in [0.4, 0.5) is 0 Å². The van der Waals surface area contributed by atoms with Crippen LogP contribution >= 0.6 is 0 Å². The SMILES string of the molecule is Cc1cc(O)cc(O)c1C=O.Cc1cc(O)cc(O)c1C=O. The highest BCUT2D eigenvalue weighted by molar-refractivity contribution is 5.82. The molecule has 0 aliphatic carbocycles. The van der Waals surface area contributed by atoms with Gasteiger partial charge in [0.15, 0.2) is 12.6 Å². The molecule has 4 N–H and O–H groups in total. The van der Waals surface area contributed by atoms with Crippen molar-refractivity contribution in [3.63, 3.8) is 0 Å². The van der Waals surface area contributed by atoms with Crippen LogP contribution in [0.1, 0.15) is 31.8 Å². The van der Waals surface area contributed by atoms with Gasteiger partial charge in [-0.1, -0.05) is 0 Å². The molecule has 2 rings (SSSR count). The zero-order valence-corrected chi connectivity index (χ0v) is 12.1. The number of phenolic OH excluding ortho intramolecular Hbond substituents is 4. The van der Waals surface area contributed by atoms with Crippen LogP contribution in [0.15, 0.2) is 24.3 Å². The largest absolute Gasteiger partial charge is 0.508 e. The third-order valence-corrected chi connectivity index (χ3v) is 2.94. The van der Waals surface area contributed by atoms with Crippen molar-refractivity contribution in [3.05, 3.63) is 46.5 Å². The van der Waals surface area contributed by atoms with Gasteiger partial charge in [0.1, 0.15) is 23.0 Å². The van der Waals surface area contributed by atoms with Crippen LogP contribution in [0, 0.1) is 13.8 Å². The molecule has 2 aromatic carbocycles. The van der Waals surface area contributed by atoms with E-state index in [1.165, 1.54) is 12.1 Å². The van der Waals surface area contributed by atoms with Gasteiger partial charge < -0.3 is 20.4 Å². The predicted molar refractivity (Wildman–Crippen MR) is 79.8 cm³/mol. The van der Waals surface area contributed by atoms with Crippen molar-refractivity contribution in [2.24, 2.45) is 0 Å². The van der Waals surface area contributed by atoms with Crippen molar-refractivity contribution in [1.29, 1.82) is 0 Å². The summed E-state index contributed by atoms with van der Waals surface area (Å²) in [5, 5.41) is 36.0. The molecule has 0 bridgehead atoms. The van der Waals surface area contributed by atoms with E-state index in [1.54, 1.807) is 13.8 Å². The van der Waals surface area contributed by atoms with Gasteiger partial charge in [-0.05, 0) is 37.1 Å². The molecule has 0 unspecified atom stereocenters. The maximum Gasteiger partial charge on any atom is 0.154 e. The summed E-state index contributed by atoms with van der Waals surface area (Å²) in [6, 6.07) is 5.11. The third kappa shape index (κ3) is 3.99. The first-order chi connectivity index (χ1) is 10.3. The molecular formula is C16H16O6. The number of aldehydes is 2. The van der Waals surface area contributed by atoms with Crippen LogP contribution in [0.5, 0.6) is 23.0 Å². The zero-order valence-electron chi connectivity index (χ0n) is 12.1. The quantitative estimate of drug-likeness (QED) is 0.633. The molecule has 116 valence electrons. The van der Waals surface area contributed by atoms with Gasteiger partial charge in [-0.15, -0.1) is 0 Å². The Morgan fingerprint density at radius 2 is 1.00 bits per heavy atom. The molecule has 6 heteroatoms. The van der Waals surface area contributed by atoms with E-state index in [2.05, 4.69) is 0 Å². The van der Waals surface area contributed by atoms with Gasteiger partial charge >= 0.3 is 0 Å². The molecule has 0 aromatic heterocycles. The van der Waals surface area contributed by atoms with Crippen molar-refractivity contribution < 1.29 is 30.0 Å². The summed E-state index contributed by atoms with van der Waals surface area (Å²) >= 11 is 0. The molecule has 0 radical (unpaired) electrons. The van der Waals surface area contributed by atoms with E-state index in [0.717, 1.165) is 12.1 Å². The Hall–Kier alpha value is -3.02. The smallest absolute Gasteiger partial charge is 0.154 e. The first-order valence-electron chi connectivity index (χ1n) is 6.25. The van der Waals surface area contributed by atoms with Crippen LogP contribution in [-0.2, 0) is 0 Å². The Morgan fingerprint density at radius 1 is 0.682 bits per heavy atom. The second-order valence-electron chi connectivity index (χ2n) is 4.63. The summed E-state index contributed by atoms with van der Waals surface area (Å²) in [5.41, 5.74) is 1.58. The van der Waals surface area contributed by atoms with Crippen LogP contribution in [-0.4, -0.2) is 33.0 Å². The lowest BCUT2D eigenvalue weighted by Gasteiger charge is -2.01. The standard InChI is InChI=1S/2C8H8O3/c2*1-5-2-6(10)3-8(11)7(5)4-9/h2*2-4,10-11H,1H3. The number of hydrogen-bond donors (Lipinski definition) is 4. The van der Waals surface area contributed by atoms with E-state index >= 15 is 0 Å². The summed E-state index contributed by atoms with van der Waals surface area (Å²) < 4.78 is 0. The lowest BCUT2D eigenvalue weighted by atomic mass is 10.1. The molecule has 0 fully saturated rings. The second-order valence-corrected chi connectivity index (χ2v) is 4.63. The first-order valence-corrected chi connectivity index (χ1v) is 6.25. The number of phenols is 4. The Bertz CT molecular complexity index is 598. The fraction of sp³-hybridized carbons (Fsp3) is 0.125. The molecule has 2 aromatic rings. The number of carbonyl (C=O) groups excluding carboxylic acids is 2. The summed E-state index contributed by atoms with van der Waals surface area (Å²) in [6.07, 6.45) is 1.12. The van der Waals surface area contributed by atoms with Gasteiger partial charge in [-0.25, -0.2) is 0 Å². The average molecular weight is 304 g/mol. The second kappa shape index (κ2) is 7.12. The summed E-state index contributed by atoms with van der Waals surface area (Å²) in [6.45, 7) is 3.28. The molecule has 0 saturated carbocycles. The molecular weight excluding hydrogens is 288 g/mol. The third-order valence-electron chi connectivity index (χ3n) is 2.94. The highest BCUT2D eigenvalue weighted by atomic mass is 16.3. The minimum Gasteiger partial charge on any atom is -0.508 e. The van der Waals surface area contributed by atoms with Crippen LogP contribution in [0.2, 0.25) is 0 Å². The van der Waals surface area contributed by atoms with E-state index in [1.807, 2.05) is 0 Å². The first kappa shape index (κ1) is 17.0. The number of aromatic hydroxyl groups is 4. The lowest BCUT2D eigenvalue weighted by Crippen LogP contribution is -1.86. The molecule has 0 saturated heterocycles. The maximum atomic E-state index is 10.3. The van der Waals surface area contributed by atoms with Gasteiger partial charge in [-0.2, -0.15) is 0 Å². The molecule has 0 aliphatic rings. The van der Waals surface area contributed by atoms with Gasteiger partial charge in [0.25, 0.3) is 0 Å². The maximum absolute atomic E-state index is 10.3. The Labute approximate surface area is 126 Å². The topological polar surface area (TPSA) is 115 Å². The zero-order chi connectivity index (χ0) is 16.9. The molecule has 0 amide bonds. The summed E-state index contributed by atoms with van der Waals surface area (Å²) in [4.78, 5) is 20.6. The van der Waals surface area contributed by atoms with E-state index in [0.29, 0.717) is 23.7 Å². The summed E-state index contributed by atoms with van der Waals surface area (Å²) in [5.74, 6) is -0.439. The van der Waals surface area contributed by atoms with Crippen molar-refractivity contribution in [3.8, 4) is 23.0 Å². The van der Waals surface area contributed by atoms with Crippen molar-refractivity contribution in [1.82, 2.24) is 0 Å².